The molecule has 0 saturated carbocycles. The van der Waals surface area contributed by atoms with E-state index >= 15 is 0 Å². The van der Waals surface area contributed by atoms with Crippen molar-refractivity contribution in [3.05, 3.63) is 197 Å². The van der Waals surface area contributed by atoms with Crippen LogP contribution < -0.4 is 4.90 Å². The largest absolute Gasteiger partial charge is 0.310 e. The first-order chi connectivity index (χ1) is 23.2. The first kappa shape index (κ1) is 26.6. The van der Waals surface area contributed by atoms with Crippen LogP contribution in [0.25, 0.3) is 43.8 Å². The third-order valence-electron chi connectivity index (χ3n) is 10.3. The Hall–Kier alpha value is -5.63. The molecule has 0 unspecified atom stereocenters. The van der Waals surface area contributed by atoms with Gasteiger partial charge in [0.15, 0.2) is 0 Å². The lowest BCUT2D eigenvalue weighted by Gasteiger charge is -2.45. The minimum Gasteiger partial charge on any atom is -0.310 e. The molecule has 8 aromatic carbocycles. The second-order valence-electron chi connectivity index (χ2n) is 12.6. The lowest BCUT2D eigenvalue weighted by Crippen LogP contribution is -2.36. The molecule has 0 amide bonds. The molecule has 0 saturated heterocycles. The zero-order valence-electron chi connectivity index (χ0n) is 25.5. The summed E-state index contributed by atoms with van der Waals surface area (Å²) >= 11 is 6.32. The Balaban J connectivity index is 1.24. The lowest BCUT2D eigenvalue weighted by atomic mass is 9.64. The van der Waals surface area contributed by atoms with Gasteiger partial charge in [-0.2, -0.15) is 0 Å². The van der Waals surface area contributed by atoms with Crippen molar-refractivity contribution in [3.63, 3.8) is 0 Å². The summed E-state index contributed by atoms with van der Waals surface area (Å²) in [5.74, 6) is 0. The van der Waals surface area contributed by atoms with Gasteiger partial charge in [0.2, 0.25) is 0 Å². The fourth-order valence-corrected chi connectivity index (χ4v) is 8.54. The van der Waals surface area contributed by atoms with Crippen molar-refractivity contribution in [2.24, 2.45) is 0 Å². The van der Waals surface area contributed by atoms with Crippen LogP contribution in [0.15, 0.2) is 170 Å². The molecule has 0 atom stereocenters. The molecule has 0 aromatic heterocycles. The third-order valence-corrected chi connectivity index (χ3v) is 10.5. The highest BCUT2D eigenvalue weighted by Crippen LogP contribution is 2.63. The molecule has 8 aromatic rings. The Bertz CT molecular complexity index is 2500. The summed E-state index contributed by atoms with van der Waals surface area (Å²) in [6, 6.07) is 62.3. The average Bonchev–Trinajstić information content (AvgIpc) is 3.42. The molecule has 1 nitrogen and oxygen atoms in total. The van der Waals surface area contributed by atoms with Gasteiger partial charge in [0.25, 0.3) is 0 Å². The maximum atomic E-state index is 6.32. The molecule has 2 aliphatic rings. The van der Waals surface area contributed by atoms with E-state index in [0.29, 0.717) is 0 Å². The van der Waals surface area contributed by atoms with E-state index in [0.717, 1.165) is 16.1 Å². The number of para-hydroxylation sites is 3. The molecule has 1 aliphatic heterocycles. The predicted molar refractivity (Wildman–Crippen MR) is 197 cm³/mol. The molecule has 1 heterocycles. The standard InChI is InChI=1S/C45H28ClN/c46-33-22-25-36-32(27-33)19-18-31-26-29(20-23-35(31)36)30-21-24-38-37-12-4-5-13-39(37)45(42(38)28-30)40-14-6-8-16-43(40)47(34-10-2-1-3-11-34)44-17-9-7-15-41(44)45/h1-28H. The Morgan fingerprint density at radius 2 is 0.957 bits per heavy atom. The van der Waals surface area contributed by atoms with Gasteiger partial charge in [-0.25, -0.2) is 0 Å². The minimum atomic E-state index is -0.466. The van der Waals surface area contributed by atoms with E-state index in [1.807, 2.05) is 12.1 Å². The van der Waals surface area contributed by atoms with Crippen LogP contribution in [-0.4, -0.2) is 0 Å². The van der Waals surface area contributed by atoms with Crippen molar-refractivity contribution in [2.45, 2.75) is 5.41 Å². The van der Waals surface area contributed by atoms with Gasteiger partial charge in [-0.3, -0.25) is 0 Å². The monoisotopic (exact) mass is 617 g/mol. The summed E-state index contributed by atoms with van der Waals surface area (Å²) in [4.78, 5) is 2.43. The van der Waals surface area contributed by atoms with E-state index in [4.69, 9.17) is 11.6 Å². The molecule has 1 spiro atoms. The molecule has 0 fully saturated rings. The number of nitrogens with zero attached hydrogens (tertiary/aromatic N) is 1. The zero-order chi connectivity index (χ0) is 31.1. The maximum Gasteiger partial charge on any atom is 0.0754 e. The average molecular weight is 618 g/mol. The summed E-state index contributed by atoms with van der Waals surface area (Å²) in [6.45, 7) is 0. The molecule has 0 N–H and O–H groups in total. The fourth-order valence-electron chi connectivity index (χ4n) is 8.36. The molecule has 1 aliphatic carbocycles. The molecular formula is C45H28ClN. The van der Waals surface area contributed by atoms with Gasteiger partial charge >= 0.3 is 0 Å². The second kappa shape index (κ2) is 9.93. The molecule has 10 rings (SSSR count). The minimum absolute atomic E-state index is 0.466. The zero-order valence-corrected chi connectivity index (χ0v) is 26.2. The van der Waals surface area contributed by atoms with Gasteiger partial charge in [0.05, 0.1) is 16.8 Å². The molecule has 2 heteroatoms. The van der Waals surface area contributed by atoms with Gasteiger partial charge < -0.3 is 4.90 Å². The van der Waals surface area contributed by atoms with Crippen LogP contribution in [-0.2, 0) is 5.41 Å². The number of halogens is 1. The Kier molecular flexibility index (Phi) is 5.62. The Morgan fingerprint density at radius 1 is 0.404 bits per heavy atom. The lowest BCUT2D eigenvalue weighted by molar-refractivity contribution is 0.753. The number of rotatable bonds is 2. The highest BCUT2D eigenvalue weighted by molar-refractivity contribution is 6.31. The molecule has 220 valence electrons. The van der Waals surface area contributed by atoms with E-state index in [9.17, 15) is 0 Å². The first-order valence-electron chi connectivity index (χ1n) is 16.1. The van der Waals surface area contributed by atoms with Crippen LogP contribution in [0.4, 0.5) is 17.1 Å². The number of hydrogen-bond donors (Lipinski definition) is 0. The number of benzene rings is 8. The van der Waals surface area contributed by atoms with Crippen LogP contribution >= 0.6 is 11.6 Å². The summed E-state index contributed by atoms with van der Waals surface area (Å²) < 4.78 is 0. The van der Waals surface area contributed by atoms with E-state index < -0.39 is 5.41 Å². The van der Waals surface area contributed by atoms with Crippen LogP contribution in [0.5, 0.6) is 0 Å². The van der Waals surface area contributed by atoms with E-state index in [-0.39, 0.29) is 0 Å². The number of anilines is 3. The Labute approximate surface area is 278 Å². The van der Waals surface area contributed by atoms with Crippen LogP contribution in [0.2, 0.25) is 5.02 Å². The van der Waals surface area contributed by atoms with Gasteiger partial charge in [-0.15, -0.1) is 0 Å². The Morgan fingerprint density at radius 3 is 1.70 bits per heavy atom. The second-order valence-corrected chi connectivity index (χ2v) is 13.1. The summed E-state index contributed by atoms with van der Waals surface area (Å²) in [5, 5.41) is 5.61. The smallest absolute Gasteiger partial charge is 0.0754 e. The highest BCUT2D eigenvalue weighted by Gasteiger charge is 2.51. The van der Waals surface area contributed by atoms with E-state index in [1.54, 1.807) is 0 Å². The van der Waals surface area contributed by atoms with Gasteiger partial charge in [-0.05, 0) is 115 Å². The van der Waals surface area contributed by atoms with Crippen LogP contribution in [0, 0.1) is 0 Å². The molecular weight excluding hydrogens is 590 g/mol. The predicted octanol–water partition coefficient (Wildman–Crippen LogP) is 12.5. The highest BCUT2D eigenvalue weighted by atomic mass is 35.5. The van der Waals surface area contributed by atoms with Crippen molar-refractivity contribution in [1.82, 2.24) is 0 Å². The molecule has 0 radical (unpaired) electrons. The number of hydrogen-bond acceptors (Lipinski definition) is 1. The van der Waals surface area contributed by atoms with Gasteiger partial charge in [0, 0.05) is 10.7 Å². The molecule has 47 heavy (non-hydrogen) atoms. The maximum absolute atomic E-state index is 6.32. The van der Waals surface area contributed by atoms with Crippen molar-refractivity contribution >= 4 is 50.2 Å². The normalized spacial score (nSPS) is 13.8. The summed E-state index contributed by atoms with van der Waals surface area (Å²) in [7, 11) is 0. The number of fused-ring (bicyclic) bond motifs is 12. The van der Waals surface area contributed by atoms with Crippen LogP contribution in [0.1, 0.15) is 22.3 Å². The summed E-state index contributed by atoms with van der Waals surface area (Å²) in [5.41, 5.74) is 13.4. The first-order valence-corrected chi connectivity index (χ1v) is 16.5. The van der Waals surface area contributed by atoms with E-state index in [2.05, 4.69) is 163 Å². The quantitative estimate of drug-likeness (QED) is 0.174. The molecule has 0 bridgehead atoms. The van der Waals surface area contributed by atoms with E-state index in [1.165, 1.54) is 72.0 Å². The van der Waals surface area contributed by atoms with Crippen molar-refractivity contribution in [1.29, 1.82) is 0 Å². The topological polar surface area (TPSA) is 3.24 Å². The van der Waals surface area contributed by atoms with Crippen molar-refractivity contribution < 1.29 is 0 Å². The van der Waals surface area contributed by atoms with Gasteiger partial charge in [0.1, 0.15) is 0 Å². The fraction of sp³-hybridized carbons (Fsp3) is 0.0222. The van der Waals surface area contributed by atoms with Crippen molar-refractivity contribution in [2.75, 3.05) is 4.90 Å². The van der Waals surface area contributed by atoms with Crippen LogP contribution in [0.3, 0.4) is 0 Å². The SMILES string of the molecule is Clc1ccc2c(ccc3cc(-c4ccc5c(c4)C4(c6ccccc6-5)c5ccccc5N(c5ccccc5)c5ccccc54)ccc32)c1. The third kappa shape index (κ3) is 3.66. The van der Waals surface area contributed by atoms with Crippen molar-refractivity contribution in [3.8, 4) is 22.3 Å². The summed E-state index contributed by atoms with van der Waals surface area (Å²) in [6.07, 6.45) is 0. The van der Waals surface area contributed by atoms with Gasteiger partial charge in [-0.1, -0.05) is 133 Å².